The zero-order valence-electron chi connectivity index (χ0n) is 17.3. The van der Waals surface area contributed by atoms with Crippen LogP contribution < -0.4 is 0 Å². The van der Waals surface area contributed by atoms with E-state index >= 15 is 0 Å². The van der Waals surface area contributed by atoms with Crippen molar-refractivity contribution < 1.29 is 9.18 Å². The van der Waals surface area contributed by atoms with Crippen LogP contribution >= 0.6 is 23.1 Å². The molecular formula is C23H25FN4OS2. The predicted molar refractivity (Wildman–Crippen MR) is 122 cm³/mol. The zero-order valence-corrected chi connectivity index (χ0v) is 18.9. The van der Waals surface area contributed by atoms with E-state index in [0.29, 0.717) is 17.9 Å². The Kier molecular flexibility index (Phi) is 6.20. The molecule has 2 aliphatic heterocycles. The van der Waals surface area contributed by atoms with E-state index in [1.807, 2.05) is 11.8 Å². The summed E-state index contributed by atoms with van der Waals surface area (Å²) in [5, 5.41) is 11.3. The molecule has 0 bridgehead atoms. The molecule has 1 saturated heterocycles. The topological polar surface area (TPSA) is 51.0 Å². The Hall–Kier alpha value is -2.03. The molecule has 4 heterocycles. The summed E-state index contributed by atoms with van der Waals surface area (Å²) < 4.78 is 15.4. The third-order valence-electron chi connectivity index (χ3n) is 6.18. The number of nitrogens with zero attached hydrogens (tertiary/aromatic N) is 4. The maximum Gasteiger partial charge on any atom is 0.175 e. The third-order valence-corrected chi connectivity index (χ3v) is 8.26. The number of piperidine rings is 1. The fraction of sp³-hybridized carbons (Fsp3) is 0.435. The second kappa shape index (κ2) is 9.22. The Morgan fingerprint density at radius 1 is 1.10 bits per heavy atom. The Balaban J connectivity index is 1.14. The first-order chi connectivity index (χ1) is 15.2. The van der Waals surface area contributed by atoms with E-state index in [1.165, 1.54) is 21.9 Å². The van der Waals surface area contributed by atoms with Crippen LogP contribution in [0.2, 0.25) is 0 Å². The summed E-state index contributed by atoms with van der Waals surface area (Å²) in [6.45, 7) is 3.94. The number of hydrogen-bond donors (Lipinski definition) is 0. The first-order valence-corrected chi connectivity index (χ1v) is 12.7. The van der Waals surface area contributed by atoms with Crippen LogP contribution in [0.5, 0.6) is 0 Å². The van der Waals surface area contributed by atoms with Gasteiger partial charge in [-0.2, -0.15) is 0 Å². The van der Waals surface area contributed by atoms with Gasteiger partial charge in [0, 0.05) is 35.1 Å². The van der Waals surface area contributed by atoms with Gasteiger partial charge >= 0.3 is 0 Å². The van der Waals surface area contributed by atoms with Gasteiger partial charge in [0.25, 0.3) is 0 Å². The van der Waals surface area contributed by atoms with Crippen LogP contribution in [0.15, 0.2) is 40.6 Å². The Bertz CT molecular complexity index is 1050. The van der Waals surface area contributed by atoms with Gasteiger partial charge in [0.05, 0.1) is 4.88 Å². The lowest BCUT2D eigenvalue weighted by Crippen LogP contribution is -2.34. The van der Waals surface area contributed by atoms with Crippen LogP contribution in [0.1, 0.15) is 47.8 Å². The minimum absolute atomic E-state index is 0.0897. The number of thioether (sulfide) groups is 1. The molecule has 2 aromatic heterocycles. The molecule has 162 valence electrons. The maximum atomic E-state index is 13.0. The fourth-order valence-electron chi connectivity index (χ4n) is 4.48. The van der Waals surface area contributed by atoms with Crippen LogP contribution in [-0.2, 0) is 6.54 Å². The second-order valence-corrected chi connectivity index (χ2v) is 10.2. The number of aromatic nitrogens is 3. The predicted octanol–water partition coefficient (Wildman–Crippen LogP) is 5.09. The first kappa shape index (κ1) is 20.8. The number of Topliss-reactive ketones (excluding diaryl/α,β-unsaturated/α-hetero) is 1. The lowest BCUT2D eigenvalue weighted by atomic mass is 9.95. The highest BCUT2D eigenvalue weighted by Crippen LogP contribution is 2.40. The van der Waals surface area contributed by atoms with E-state index < -0.39 is 0 Å². The number of thiophene rings is 1. The number of fused-ring (bicyclic) bond motifs is 3. The van der Waals surface area contributed by atoms with Crippen molar-refractivity contribution in [3.8, 4) is 10.7 Å². The van der Waals surface area contributed by atoms with Gasteiger partial charge in [0.1, 0.15) is 11.6 Å². The van der Waals surface area contributed by atoms with Gasteiger partial charge in [0.15, 0.2) is 11.6 Å². The third kappa shape index (κ3) is 4.47. The van der Waals surface area contributed by atoms with Crippen molar-refractivity contribution in [2.75, 3.05) is 25.4 Å². The van der Waals surface area contributed by atoms with Crippen LogP contribution in [0.3, 0.4) is 0 Å². The van der Waals surface area contributed by atoms with Gasteiger partial charge in [-0.25, -0.2) is 4.39 Å². The highest BCUT2D eigenvalue weighted by Gasteiger charge is 2.28. The Morgan fingerprint density at radius 3 is 2.71 bits per heavy atom. The van der Waals surface area contributed by atoms with Crippen molar-refractivity contribution >= 4 is 28.9 Å². The van der Waals surface area contributed by atoms with Crippen LogP contribution in [0.25, 0.3) is 10.7 Å². The number of carbonyl (C=O) groups is 1. The molecule has 0 aliphatic carbocycles. The molecule has 0 amide bonds. The van der Waals surface area contributed by atoms with Crippen molar-refractivity contribution in [3.05, 3.63) is 52.9 Å². The minimum atomic E-state index is -0.307. The Morgan fingerprint density at radius 2 is 1.90 bits per heavy atom. The van der Waals surface area contributed by atoms with Crippen LogP contribution in [0, 0.1) is 5.82 Å². The normalized spacial score (nSPS) is 17.2. The number of likely N-dealkylation sites (tertiary alicyclic amines) is 1. The number of ketones is 1. The van der Waals surface area contributed by atoms with E-state index in [1.54, 1.807) is 23.5 Å². The number of halogens is 1. The lowest BCUT2D eigenvalue weighted by Gasteiger charge is -2.31. The molecule has 1 fully saturated rings. The molecule has 2 aliphatic rings. The molecule has 1 aromatic carbocycles. The summed E-state index contributed by atoms with van der Waals surface area (Å²) in [7, 11) is 0. The van der Waals surface area contributed by atoms with E-state index in [4.69, 9.17) is 0 Å². The summed E-state index contributed by atoms with van der Waals surface area (Å²) in [6.07, 6.45) is 3.49. The van der Waals surface area contributed by atoms with Gasteiger partial charge in [-0.15, -0.1) is 33.3 Å². The zero-order chi connectivity index (χ0) is 21.2. The molecule has 0 radical (unpaired) electrons. The van der Waals surface area contributed by atoms with Crippen molar-refractivity contribution in [1.29, 1.82) is 0 Å². The lowest BCUT2D eigenvalue weighted by molar-refractivity contribution is 0.0972. The average molecular weight is 457 g/mol. The standard InChI is InChI=1S/C23H25FN4OS2/c24-18-5-3-16(4-6-18)19(29)2-1-10-27-11-7-17(8-12-27)22-25-26-23-21-20(9-14-31-21)30-15-13-28(22)23/h3-6,9,14,17H,1-2,7-8,10-13,15H2. The van der Waals surface area contributed by atoms with Crippen LogP contribution in [-0.4, -0.2) is 50.8 Å². The summed E-state index contributed by atoms with van der Waals surface area (Å²) in [5.41, 5.74) is 0.597. The number of carbonyl (C=O) groups excluding carboxylic acids is 1. The summed E-state index contributed by atoms with van der Waals surface area (Å²) >= 11 is 3.66. The molecule has 3 aromatic rings. The summed E-state index contributed by atoms with van der Waals surface area (Å²) in [4.78, 5) is 17.3. The summed E-state index contributed by atoms with van der Waals surface area (Å²) in [5.74, 6) is 3.47. The number of benzene rings is 1. The maximum absolute atomic E-state index is 13.0. The molecule has 0 N–H and O–H groups in total. The smallest absolute Gasteiger partial charge is 0.175 e. The highest BCUT2D eigenvalue weighted by atomic mass is 32.2. The van der Waals surface area contributed by atoms with Crippen molar-refractivity contribution in [2.24, 2.45) is 0 Å². The van der Waals surface area contributed by atoms with Gasteiger partial charge in [-0.1, -0.05) is 0 Å². The second-order valence-electron chi connectivity index (χ2n) is 8.15. The SMILES string of the molecule is O=C(CCCN1CCC(c2nnc3n2CCSc2ccsc2-3)CC1)c1ccc(F)cc1. The van der Waals surface area contributed by atoms with Gasteiger partial charge in [-0.3, -0.25) is 4.79 Å². The van der Waals surface area contributed by atoms with E-state index in [9.17, 15) is 9.18 Å². The first-order valence-electron chi connectivity index (χ1n) is 10.8. The van der Waals surface area contributed by atoms with E-state index in [-0.39, 0.29) is 11.6 Å². The molecule has 5 rings (SSSR count). The molecule has 31 heavy (non-hydrogen) atoms. The molecular weight excluding hydrogens is 431 g/mol. The highest BCUT2D eigenvalue weighted by molar-refractivity contribution is 7.99. The summed E-state index contributed by atoms with van der Waals surface area (Å²) in [6, 6.07) is 8.03. The van der Waals surface area contributed by atoms with Gasteiger partial charge in [-0.05, 0) is 74.6 Å². The Labute approximate surface area is 189 Å². The molecule has 0 saturated carbocycles. The largest absolute Gasteiger partial charge is 0.309 e. The fourth-order valence-corrected chi connectivity index (χ4v) is 6.55. The van der Waals surface area contributed by atoms with Gasteiger partial charge in [0.2, 0.25) is 0 Å². The van der Waals surface area contributed by atoms with E-state index in [0.717, 1.165) is 62.8 Å². The quantitative estimate of drug-likeness (QED) is 0.484. The molecule has 0 atom stereocenters. The average Bonchev–Trinajstić information content (AvgIpc) is 3.38. The van der Waals surface area contributed by atoms with Crippen LogP contribution in [0.4, 0.5) is 4.39 Å². The molecule has 0 spiro atoms. The van der Waals surface area contributed by atoms with E-state index in [2.05, 4.69) is 31.1 Å². The monoisotopic (exact) mass is 456 g/mol. The van der Waals surface area contributed by atoms with Gasteiger partial charge < -0.3 is 9.47 Å². The molecule has 8 heteroatoms. The van der Waals surface area contributed by atoms with Crippen molar-refractivity contribution in [1.82, 2.24) is 19.7 Å². The number of hydrogen-bond acceptors (Lipinski definition) is 6. The minimum Gasteiger partial charge on any atom is -0.309 e. The van der Waals surface area contributed by atoms with Crippen molar-refractivity contribution in [3.63, 3.8) is 0 Å². The molecule has 5 nitrogen and oxygen atoms in total. The molecule has 0 unspecified atom stereocenters. The number of rotatable bonds is 6. The van der Waals surface area contributed by atoms with Crippen molar-refractivity contribution in [2.45, 2.75) is 43.0 Å².